The summed E-state index contributed by atoms with van der Waals surface area (Å²) in [6.45, 7) is 5.95. The highest BCUT2D eigenvalue weighted by Crippen LogP contribution is 2.17. The van der Waals surface area contributed by atoms with Crippen molar-refractivity contribution in [3.05, 3.63) is 24.3 Å². The average Bonchev–Trinajstić information content (AvgIpc) is 2.20. The van der Waals surface area contributed by atoms with Gasteiger partial charge in [-0.1, -0.05) is 19.1 Å². The minimum absolute atomic E-state index is 0.168. The van der Waals surface area contributed by atoms with Gasteiger partial charge >= 0.3 is 0 Å². The van der Waals surface area contributed by atoms with Gasteiger partial charge in [0, 0.05) is 18.2 Å². The molecule has 3 heteroatoms. The van der Waals surface area contributed by atoms with Crippen LogP contribution >= 0.6 is 9.24 Å². The van der Waals surface area contributed by atoms with Crippen molar-refractivity contribution in [3.63, 3.8) is 0 Å². The zero-order valence-electron chi connectivity index (χ0n) is 9.53. The Kier molecular flexibility index (Phi) is 4.28. The molecule has 1 aromatic carbocycles. The number of carbonyl (C=O) groups is 1. The molecule has 0 radical (unpaired) electrons. The summed E-state index contributed by atoms with van der Waals surface area (Å²) in [5, 5.41) is 1.13. The third-order valence-corrected chi connectivity index (χ3v) is 2.64. The number of carbonyl (C=O) groups excluding carboxylic acids is 1. The molecular formula is C12H18NOP. The van der Waals surface area contributed by atoms with Crippen molar-refractivity contribution >= 4 is 26.1 Å². The first-order chi connectivity index (χ1) is 7.06. The minimum atomic E-state index is 0.168. The Bertz CT molecular complexity index is 332. The lowest BCUT2D eigenvalue weighted by Crippen LogP contribution is -2.36. The molecule has 1 aromatic rings. The molecule has 0 aliphatic carbocycles. The first-order valence-electron chi connectivity index (χ1n) is 5.23. The van der Waals surface area contributed by atoms with E-state index in [1.54, 1.807) is 0 Å². The molecule has 0 saturated heterocycles. The molecule has 2 nitrogen and oxygen atoms in total. The Hall–Kier alpha value is -0.880. The van der Waals surface area contributed by atoms with Gasteiger partial charge in [0.15, 0.2) is 0 Å². The molecule has 15 heavy (non-hydrogen) atoms. The minimum Gasteiger partial charge on any atom is -0.310 e. The summed E-state index contributed by atoms with van der Waals surface area (Å²) in [5.41, 5.74) is 0.975. The number of hydrogen-bond acceptors (Lipinski definition) is 1. The Morgan fingerprint density at radius 3 is 2.27 bits per heavy atom. The fraction of sp³-hybridized carbons (Fsp3) is 0.417. The van der Waals surface area contributed by atoms with Crippen LogP contribution in [0.25, 0.3) is 0 Å². The smallest absolute Gasteiger partial charge is 0.226 e. The van der Waals surface area contributed by atoms with Crippen LogP contribution < -0.4 is 10.2 Å². The highest BCUT2D eigenvalue weighted by atomic mass is 31.0. The average molecular weight is 223 g/mol. The molecule has 1 unspecified atom stereocenters. The van der Waals surface area contributed by atoms with Crippen molar-refractivity contribution in [1.82, 2.24) is 0 Å². The van der Waals surface area contributed by atoms with Gasteiger partial charge in [0.2, 0.25) is 5.91 Å². The Labute approximate surface area is 93.9 Å². The Balaban J connectivity index is 2.99. The zero-order valence-corrected chi connectivity index (χ0v) is 10.7. The summed E-state index contributed by atoms with van der Waals surface area (Å²) in [6.07, 6.45) is 0.542. The van der Waals surface area contributed by atoms with Crippen molar-refractivity contribution in [2.75, 3.05) is 4.90 Å². The Morgan fingerprint density at radius 1 is 1.33 bits per heavy atom. The molecule has 1 amide bonds. The molecule has 0 heterocycles. The molecule has 1 rings (SSSR count). The highest BCUT2D eigenvalue weighted by molar-refractivity contribution is 7.27. The molecule has 0 aromatic heterocycles. The quantitative estimate of drug-likeness (QED) is 0.720. The van der Waals surface area contributed by atoms with Crippen LogP contribution in [-0.4, -0.2) is 11.9 Å². The molecule has 0 bridgehead atoms. The summed E-state index contributed by atoms with van der Waals surface area (Å²) in [5.74, 6) is 0.168. The van der Waals surface area contributed by atoms with Gasteiger partial charge in [0.05, 0.1) is 0 Å². The summed E-state index contributed by atoms with van der Waals surface area (Å²) in [7, 11) is 2.64. The predicted molar refractivity (Wildman–Crippen MR) is 68.7 cm³/mol. The SMILES string of the molecule is CCC(=O)N(c1ccc(P)cc1)C(C)C. The topological polar surface area (TPSA) is 20.3 Å². The second kappa shape index (κ2) is 5.27. The van der Waals surface area contributed by atoms with E-state index in [2.05, 4.69) is 9.24 Å². The lowest BCUT2D eigenvalue weighted by Gasteiger charge is -2.26. The maximum atomic E-state index is 11.8. The predicted octanol–water partition coefficient (Wildman–Crippen LogP) is 2.34. The lowest BCUT2D eigenvalue weighted by molar-refractivity contribution is -0.118. The van der Waals surface area contributed by atoms with Crippen LogP contribution in [0.1, 0.15) is 27.2 Å². The molecule has 0 saturated carbocycles. The monoisotopic (exact) mass is 223 g/mol. The van der Waals surface area contributed by atoms with Crippen molar-refractivity contribution in [3.8, 4) is 0 Å². The number of benzene rings is 1. The van der Waals surface area contributed by atoms with E-state index in [0.717, 1.165) is 11.0 Å². The molecule has 82 valence electrons. The molecule has 1 atom stereocenters. The van der Waals surface area contributed by atoms with Gasteiger partial charge in [-0.2, -0.15) is 0 Å². The molecule has 0 spiro atoms. The maximum absolute atomic E-state index is 11.8. The van der Waals surface area contributed by atoms with E-state index in [0.29, 0.717) is 6.42 Å². The van der Waals surface area contributed by atoms with Gasteiger partial charge in [-0.3, -0.25) is 4.79 Å². The lowest BCUT2D eigenvalue weighted by atomic mass is 10.2. The van der Waals surface area contributed by atoms with Gasteiger partial charge in [0.25, 0.3) is 0 Å². The number of rotatable bonds is 3. The van der Waals surface area contributed by atoms with Gasteiger partial charge < -0.3 is 4.90 Å². The number of nitrogens with zero attached hydrogens (tertiary/aromatic N) is 1. The van der Waals surface area contributed by atoms with Gasteiger partial charge in [-0.25, -0.2) is 0 Å². The van der Waals surface area contributed by atoms with Crippen LogP contribution in [0.2, 0.25) is 0 Å². The summed E-state index contributed by atoms with van der Waals surface area (Å²) in [6, 6.07) is 8.16. The third-order valence-electron chi connectivity index (χ3n) is 2.26. The summed E-state index contributed by atoms with van der Waals surface area (Å²) >= 11 is 0. The van der Waals surface area contributed by atoms with E-state index < -0.39 is 0 Å². The van der Waals surface area contributed by atoms with E-state index in [1.807, 2.05) is 49.9 Å². The second-order valence-corrected chi connectivity index (χ2v) is 4.47. The van der Waals surface area contributed by atoms with Gasteiger partial charge in [-0.15, -0.1) is 9.24 Å². The summed E-state index contributed by atoms with van der Waals surface area (Å²) < 4.78 is 0. The van der Waals surface area contributed by atoms with Gasteiger partial charge in [0.1, 0.15) is 0 Å². The standard InChI is InChI=1S/C12H18NOP/c1-4-12(14)13(9(2)3)10-5-7-11(15)8-6-10/h5-9H,4,15H2,1-3H3. The second-order valence-electron chi connectivity index (χ2n) is 3.80. The number of anilines is 1. The number of amides is 1. The molecule has 0 fully saturated rings. The van der Waals surface area contributed by atoms with Gasteiger partial charge in [-0.05, 0) is 31.3 Å². The van der Waals surface area contributed by atoms with Crippen molar-refractivity contribution in [2.45, 2.75) is 33.2 Å². The normalized spacial score (nSPS) is 10.5. The summed E-state index contributed by atoms with van der Waals surface area (Å²) in [4.78, 5) is 13.6. The molecule has 0 aliphatic rings. The first-order valence-corrected chi connectivity index (χ1v) is 5.81. The van der Waals surface area contributed by atoms with E-state index in [4.69, 9.17) is 0 Å². The molecular weight excluding hydrogens is 205 g/mol. The van der Waals surface area contributed by atoms with E-state index in [9.17, 15) is 4.79 Å². The van der Waals surface area contributed by atoms with Crippen LogP contribution in [0.5, 0.6) is 0 Å². The van der Waals surface area contributed by atoms with Crippen molar-refractivity contribution < 1.29 is 4.79 Å². The zero-order chi connectivity index (χ0) is 11.4. The van der Waals surface area contributed by atoms with E-state index in [-0.39, 0.29) is 11.9 Å². The highest BCUT2D eigenvalue weighted by Gasteiger charge is 2.16. The van der Waals surface area contributed by atoms with Crippen molar-refractivity contribution in [2.24, 2.45) is 0 Å². The first kappa shape index (κ1) is 12.2. The van der Waals surface area contributed by atoms with Crippen LogP contribution in [0, 0.1) is 0 Å². The number of hydrogen-bond donors (Lipinski definition) is 0. The van der Waals surface area contributed by atoms with Crippen LogP contribution in [-0.2, 0) is 4.79 Å². The maximum Gasteiger partial charge on any atom is 0.226 e. The van der Waals surface area contributed by atoms with Crippen molar-refractivity contribution in [1.29, 1.82) is 0 Å². The third kappa shape index (κ3) is 3.04. The van der Waals surface area contributed by atoms with Crippen LogP contribution in [0.15, 0.2) is 24.3 Å². The van der Waals surface area contributed by atoms with Crippen LogP contribution in [0.4, 0.5) is 5.69 Å². The van der Waals surface area contributed by atoms with E-state index >= 15 is 0 Å². The largest absolute Gasteiger partial charge is 0.310 e. The fourth-order valence-electron chi connectivity index (χ4n) is 1.54. The fourth-order valence-corrected chi connectivity index (χ4v) is 1.73. The molecule has 0 N–H and O–H groups in total. The Morgan fingerprint density at radius 2 is 1.87 bits per heavy atom. The van der Waals surface area contributed by atoms with E-state index in [1.165, 1.54) is 0 Å². The molecule has 0 aliphatic heterocycles. The van der Waals surface area contributed by atoms with Crippen LogP contribution in [0.3, 0.4) is 0 Å².